The summed E-state index contributed by atoms with van der Waals surface area (Å²) in [7, 11) is 0. The maximum Gasteiger partial charge on any atom is 0.146 e. The molecule has 2 heterocycles. The van der Waals surface area contributed by atoms with Crippen molar-refractivity contribution >= 4 is 5.82 Å². The van der Waals surface area contributed by atoms with Crippen molar-refractivity contribution in [3.63, 3.8) is 0 Å². The molecule has 2 aromatic rings. The Labute approximate surface area is 99.9 Å². The van der Waals surface area contributed by atoms with Gasteiger partial charge in [-0.05, 0) is 27.7 Å². The molecule has 0 aliphatic carbocycles. The van der Waals surface area contributed by atoms with Gasteiger partial charge >= 0.3 is 0 Å². The summed E-state index contributed by atoms with van der Waals surface area (Å²) in [5, 5.41) is 9.98. The smallest absolute Gasteiger partial charge is 0.146 e. The van der Waals surface area contributed by atoms with Crippen LogP contribution in [0, 0.1) is 20.8 Å². The average molecular weight is 232 g/mol. The highest BCUT2D eigenvalue weighted by Gasteiger charge is 2.12. The lowest BCUT2D eigenvalue weighted by atomic mass is 10.2. The van der Waals surface area contributed by atoms with E-state index in [1.54, 1.807) is 0 Å². The monoisotopic (exact) mass is 232 g/mol. The number of aryl methyl sites for hydroxylation is 2. The molecule has 0 saturated heterocycles. The molecule has 2 rings (SSSR count). The molecule has 0 aliphatic heterocycles. The average Bonchev–Trinajstić information content (AvgIpc) is 2.78. The number of hydrogen-bond acceptors (Lipinski definition) is 5. The molecule has 0 fully saturated rings. The summed E-state index contributed by atoms with van der Waals surface area (Å²) in [5.74, 6) is 2.40. The zero-order valence-electron chi connectivity index (χ0n) is 10.4. The van der Waals surface area contributed by atoms with E-state index in [0.29, 0.717) is 0 Å². The molecule has 2 N–H and O–H groups in total. The van der Waals surface area contributed by atoms with Crippen LogP contribution in [0.1, 0.15) is 35.9 Å². The first-order valence-electron chi connectivity index (χ1n) is 5.51. The molecule has 1 atom stereocenters. The standard InChI is InChI=1S/C11H16N6/c1-6-7(2)14-9(4)16-10(6)15-8(3)11-12-5-13-17-11/h5,8H,1-4H3,(H,12,13,17)(H,14,15,16). The van der Waals surface area contributed by atoms with Crippen LogP contribution in [-0.4, -0.2) is 25.1 Å². The Bertz CT molecular complexity index is 505. The molecule has 0 radical (unpaired) electrons. The Balaban J connectivity index is 2.24. The first kappa shape index (κ1) is 11.5. The van der Waals surface area contributed by atoms with E-state index in [4.69, 9.17) is 0 Å². The van der Waals surface area contributed by atoms with E-state index in [0.717, 1.165) is 28.7 Å². The molecule has 0 saturated carbocycles. The second-order valence-corrected chi connectivity index (χ2v) is 4.07. The summed E-state index contributed by atoms with van der Waals surface area (Å²) in [4.78, 5) is 12.8. The molecule has 0 aromatic carbocycles. The van der Waals surface area contributed by atoms with E-state index in [1.165, 1.54) is 6.33 Å². The number of H-pyrrole nitrogens is 1. The van der Waals surface area contributed by atoms with E-state index >= 15 is 0 Å². The van der Waals surface area contributed by atoms with Crippen LogP contribution in [0.4, 0.5) is 5.82 Å². The first-order valence-corrected chi connectivity index (χ1v) is 5.51. The molecule has 0 spiro atoms. The van der Waals surface area contributed by atoms with Crippen LogP contribution in [-0.2, 0) is 0 Å². The maximum absolute atomic E-state index is 4.40. The molecule has 0 amide bonds. The zero-order valence-corrected chi connectivity index (χ0v) is 10.4. The molecule has 90 valence electrons. The SMILES string of the molecule is Cc1nc(C)c(C)c(NC(C)c2ncn[nH]2)n1. The summed E-state index contributed by atoms with van der Waals surface area (Å²) in [5.41, 5.74) is 2.05. The maximum atomic E-state index is 4.40. The van der Waals surface area contributed by atoms with Crippen LogP contribution >= 0.6 is 0 Å². The fourth-order valence-corrected chi connectivity index (χ4v) is 1.61. The van der Waals surface area contributed by atoms with Crippen molar-refractivity contribution in [3.8, 4) is 0 Å². The van der Waals surface area contributed by atoms with Gasteiger partial charge in [0.15, 0.2) is 0 Å². The van der Waals surface area contributed by atoms with Crippen molar-refractivity contribution in [1.82, 2.24) is 25.1 Å². The Kier molecular flexibility index (Phi) is 3.03. The van der Waals surface area contributed by atoms with Gasteiger partial charge in [0.05, 0.1) is 6.04 Å². The van der Waals surface area contributed by atoms with Gasteiger partial charge in [-0.3, -0.25) is 5.10 Å². The lowest BCUT2D eigenvalue weighted by molar-refractivity contribution is 0.784. The Morgan fingerprint density at radius 2 is 2.00 bits per heavy atom. The summed E-state index contributed by atoms with van der Waals surface area (Å²) in [6.07, 6.45) is 1.50. The minimum Gasteiger partial charge on any atom is -0.360 e. The van der Waals surface area contributed by atoms with Gasteiger partial charge in [0.2, 0.25) is 0 Å². The summed E-state index contributed by atoms with van der Waals surface area (Å²) < 4.78 is 0. The number of aromatic nitrogens is 5. The predicted octanol–water partition coefficient (Wildman–Crippen LogP) is 1.69. The fraction of sp³-hybridized carbons (Fsp3) is 0.455. The number of hydrogen-bond donors (Lipinski definition) is 2. The third-order valence-corrected chi connectivity index (χ3v) is 2.70. The number of anilines is 1. The Hall–Kier alpha value is -1.98. The molecule has 0 bridgehead atoms. The van der Waals surface area contributed by atoms with Gasteiger partial charge in [0.25, 0.3) is 0 Å². The largest absolute Gasteiger partial charge is 0.360 e. The van der Waals surface area contributed by atoms with Gasteiger partial charge in [0, 0.05) is 11.3 Å². The van der Waals surface area contributed by atoms with Crippen molar-refractivity contribution in [1.29, 1.82) is 0 Å². The third-order valence-electron chi connectivity index (χ3n) is 2.70. The number of nitrogens with zero attached hydrogens (tertiary/aromatic N) is 4. The Morgan fingerprint density at radius 1 is 1.24 bits per heavy atom. The second-order valence-electron chi connectivity index (χ2n) is 4.07. The van der Waals surface area contributed by atoms with Gasteiger partial charge in [0.1, 0.15) is 23.8 Å². The molecule has 17 heavy (non-hydrogen) atoms. The van der Waals surface area contributed by atoms with Crippen LogP contribution < -0.4 is 5.32 Å². The van der Waals surface area contributed by atoms with Crippen molar-refractivity contribution < 1.29 is 0 Å². The van der Waals surface area contributed by atoms with Crippen LogP contribution in [0.25, 0.3) is 0 Å². The van der Waals surface area contributed by atoms with E-state index in [-0.39, 0.29) is 6.04 Å². The van der Waals surface area contributed by atoms with Gasteiger partial charge < -0.3 is 5.32 Å². The van der Waals surface area contributed by atoms with E-state index < -0.39 is 0 Å². The van der Waals surface area contributed by atoms with Crippen LogP contribution in [0.15, 0.2) is 6.33 Å². The molecule has 0 aliphatic rings. The van der Waals surface area contributed by atoms with E-state index in [1.807, 2.05) is 27.7 Å². The Morgan fingerprint density at radius 3 is 2.65 bits per heavy atom. The van der Waals surface area contributed by atoms with Crippen molar-refractivity contribution in [2.75, 3.05) is 5.32 Å². The molecule has 2 aromatic heterocycles. The fourth-order valence-electron chi connectivity index (χ4n) is 1.61. The van der Waals surface area contributed by atoms with Gasteiger partial charge in [-0.2, -0.15) is 5.10 Å². The lowest BCUT2D eigenvalue weighted by Gasteiger charge is -2.15. The first-order chi connectivity index (χ1) is 8.08. The lowest BCUT2D eigenvalue weighted by Crippen LogP contribution is -2.12. The van der Waals surface area contributed by atoms with E-state index in [9.17, 15) is 0 Å². The number of rotatable bonds is 3. The minimum absolute atomic E-state index is 0.0323. The minimum atomic E-state index is 0.0323. The van der Waals surface area contributed by atoms with Crippen molar-refractivity contribution in [2.45, 2.75) is 33.7 Å². The highest BCUT2D eigenvalue weighted by molar-refractivity contribution is 5.46. The number of nitrogens with one attached hydrogen (secondary N) is 2. The van der Waals surface area contributed by atoms with Gasteiger partial charge in [-0.25, -0.2) is 15.0 Å². The highest BCUT2D eigenvalue weighted by Crippen LogP contribution is 2.19. The van der Waals surface area contributed by atoms with Gasteiger partial charge in [-0.1, -0.05) is 0 Å². The molecular formula is C11H16N6. The van der Waals surface area contributed by atoms with Crippen molar-refractivity contribution in [3.05, 3.63) is 29.2 Å². The van der Waals surface area contributed by atoms with Crippen LogP contribution in [0.3, 0.4) is 0 Å². The molecular weight excluding hydrogens is 216 g/mol. The van der Waals surface area contributed by atoms with Crippen LogP contribution in [0.5, 0.6) is 0 Å². The summed E-state index contributed by atoms with van der Waals surface area (Å²) >= 11 is 0. The van der Waals surface area contributed by atoms with Crippen LogP contribution in [0.2, 0.25) is 0 Å². The molecule has 1 unspecified atom stereocenters. The number of aromatic amines is 1. The molecule has 6 nitrogen and oxygen atoms in total. The topological polar surface area (TPSA) is 79.4 Å². The quantitative estimate of drug-likeness (QED) is 0.841. The third kappa shape index (κ3) is 2.41. The summed E-state index contributed by atoms with van der Waals surface area (Å²) in [6.45, 7) is 7.88. The molecule has 6 heteroatoms. The van der Waals surface area contributed by atoms with Crippen molar-refractivity contribution in [2.24, 2.45) is 0 Å². The highest BCUT2D eigenvalue weighted by atomic mass is 15.2. The normalized spacial score (nSPS) is 12.5. The zero-order chi connectivity index (χ0) is 12.4. The van der Waals surface area contributed by atoms with E-state index in [2.05, 4.69) is 30.5 Å². The second kappa shape index (κ2) is 4.48. The predicted molar refractivity (Wildman–Crippen MR) is 64.7 cm³/mol. The van der Waals surface area contributed by atoms with Gasteiger partial charge in [-0.15, -0.1) is 0 Å². The summed E-state index contributed by atoms with van der Waals surface area (Å²) in [6, 6.07) is 0.0323.